The van der Waals surface area contributed by atoms with E-state index >= 15 is 0 Å². The quantitative estimate of drug-likeness (QED) is 0.912. The van der Waals surface area contributed by atoms with Crippen LogP contribution in [0.4, 0.5) is 0 Å². The minimum atomic E-state index is 0.0205. The van der Waals surface area contributed by atoms with Crippen molar-refractivity contribution in [2.75, 3.05) is 13.2 Å². The number of aliphatic hydroxyl groups excluding tert-OH is 1. The number of aliphatic hydroxyl groups is 1. The number of rotatable bonds is 3. The summed E-state index contributed by atoms with van der Waals surface area (Å²) in [5.41, 5.74) is 0.952. The normalized spacial score (nSPS) is 12.0. The first kappa shape index (κ1) is 12.3. The maximum Gasteiger partial charge on any atom is 0.146 e. The highest BCUT2D eigenvalue weighted by atomic mass is 32.1. The fourth-order valence-corrected chi connectivity index (χ4v) is 2.56. The number of hydrogen-bond acceptors (Lipinski definition) is 4. The van der Waals surface area contributed by atoms with Gasteiger partial charge >= 0.3 is 0 Å². The Labute approximate surface area is 105 Å². The molecule has 3 nitrogen and oxygen atoms in total. The van der Waals surface area contributed by atoms with Gasteiger partial charge in [0, 0.05) is 5.41 Å². The predicted octanol–water partition coefficient (Wildman–Crippen LogP) is 2.96. The van der Waals surface area contributed by atoms with E-state index in [4.69, 9.17) is 9.84 Å². The van der Waals surface area contributed by atoms with Crippen LogP contribution in [0.25, 0.3) is 10.2 Å². The monoisotopic (exact) mass is 251 g/mol. The molecule has 1 N–H and O–H groups in total. The van der Waals surface area contributed by atoms with Crippen LogP contribution < -0.4 is 4.74 Å². The van der Waals surface area contributed by atoms with E-state index in [9.17, 15) is 0 Å². The molecule has 2 rings (SSSR count). The summed E-state index contributed by atoms with van der Waals surface area (Å²) in [6.07, 6.45) is 0. The van der Waals surface area contributed by atoms with Gasteiger partial charge in [-0.2, -0.15) is 0 Å². The highest BCUT2D eigenvalue weighted by Crippen LogP contribution is 2.35. The molecule has 0 aliphatic heterocycles. The molecule has 92 valence electrons. The molecule has 2 aromatic rings. The molecule has 0 atom stereocenters. The maximum atomic E-state index is 8.79. The average Bonchev–Trinajstić information content (AvgIpc) is 2.70. The van der Waals surface area contributed by atoms with Crippen LogP contribution in [-0.2, 0) is 5.41 Å². The van der Waals surface area contributed by atoms with Crippen molar-refractivity contribution in [1.29, 1.82) is 0 Å². The summed E-state index contributed by atoms with van der Waals surface area (Å²) >= 11 is 1.70. The van der Waals surface area contributed by atoms with Gasteiger partial charge < -0.3 is 9.84 Å². The van der Waals surface area contributed by atoms with Crippen LogP contribution in [0.2, 0.25) is 0 Å². The SMILES string of the molecule is CC(C)(C)c1nc2c(OCCO)cccc2s1. The third-order valence-corrected chi connectivity index (χ3v) is 3.82. The maximum absolute atomic E-state index is 8.79. The van der Waals surface area contributed by atoms with Gasteiger partial charge in [-0.1, -0.05) is 26.8 Å². The Balaban J connectivity index is 2.45. The van der Waals surface area contributed by atoms with Gasteiger partial charge in [0.15, 0.2) is 0 Å². The van der Waals surface area contributed by atoms with Crippen LogP contribution >= 0.6 is 11.3 Å². The summed E-state index contributed by atoms with van der Waals surface area (Å²) in [7, 11) is 0. The Morgan fingerprint density at radius 3 is 2.76 bits per heavy atom. The van der Waals surface area contributed by atoms with Gasteiger partial charge in [-0.25, -0.2) is 4.98 Å². The van der Waals surface area contributed by atoms with Crippen molar-refractivity contribution < 1.29 is 9.84 Å². The molecule has 0 saturated carbocycles. The van der Waals surface area contributed by atoms with Crippen LogP contribution in [0, 0.1) is 0 Å². The number of hydrogen-bond donors (Lipinski definition) is 1. The number of nitrogens with zero attached hydrogens (tertiary/aromatic N) is 1. The van der Waals surface area contributed by atoms with Gasteiger partial charge in [0.2, 0.25) is 0 Å². The fourth-order valence-electron chi connectivity index (χ4n) is 1.52. The number of ether oxygens (including phenoxy) is 1. The van der Waals surface area contributed by atoms with E-state index < -0.39 is 0 Å². The van der Waals surface area contributed by atoms with Crippen molar-refractivity contribution in [2.24, 2.45) is 0 Å². The lowest BCUT2D eigenvalue weighted by molar-refractivity contribution is 0.202. The lowest BCUT2D eigenvalue weighted by atomic mass is 9.98. The molecule has 4 heteroatoms. The molecule has 0 aliphatic rings. The van der Waals surface area contributed by atoms with E-state index in [-0.39, 0.29) is 12.0 Å². The molecule has 17 heavy (non-hydrogen) atoms. The Hall–Kier alpha value is -1.13. The van der Waals surface area contributed by atoms with Gasteiger partial charge in [0.1, 0.15) is 17.9 Å². The summed E-state index contributed by atoms with van der Waals surface area (Å²) in [5.74, 6) is 0.753. The van der Waals surface area contributed by atoms with Crippen molar-refractivity contribution in [3.63, 3.8) is 0 Å². The van der Waals surface area contributed by atoms with Crippen molar-refractivity contribution in [2.45, 2.75) is 26.2 Å². The third kappa shape index (κ3) is 2.58. The average molecular weight is 251 g/mol. The zero-order valence-corrected chi connectivity index (χ0v) is 11.2. The second-order valence-electron chi connectivity index (χ2n) is 4.94. The Kier molecular flexibility index (Phi) is 3.35. The Morgan fingerprint density at radius 1 is 1.35 bits per heavy atom. The molecule has 1 aromatic heterocycles. The second-order valence-corrected chi connectivity index (χ2v) is 5.97. The molecule has 0 saturated heterocycles. The zero-order valence-electron chi connectivity index (χ0n) is 10.4. The summed E-state index contributed by atoms with van der Waals surface area (Å²) in [6.45, 7) is 6.78. The van der Waals surface area contributed by atoms with Crippen LogP contribution in [-0.4, -0.2) is 23.3 Å². The second kappa shape index (κ2) is 4.63. The number of thiazole rings is 1. The molecular weight excluding hydrogens is 234 g/mol. The molecule has 1 heterocycles. The zero-order chi connectivity index (χ0) is 12.5. The van der Waals surface area contributed by atoms with E-state index in [2.05, 4.69) is 25.8 Å². The Morgan fingerprint density at radius 2 is 2.12 bits per heavy atom. The largest absolute Gasteiger partial charge is 0.489 e. The highest BCUT2D eigenvalue weighted by molar-refractivity contribution is 7.18. The number of benzene rings is 1. The molecule has 0 radical (unpaired) electrons. The first-order chi connectivity index (χ1) is 8.02. The Bertz CT molecular complexity index is 514. The summed E-state index contributed by atoms with van der Waals surface area (Å²) in [6, 6.07) is 5.90. The molecule has 0 fully saturated rings. The first-order valence-corrected chi connectivity index (χ1v) is 6.48. The van der Waals surface area contributed by atoms with Gasteiger partial charge in [0.25, 0.3) is 0 Å². The summed E-state index contributed by atoms with van der Waals surface area (Å²) < 4.78 is 6.62. The van der Waals surface area contributed by atoms with Crippen molar-refractivity contribution in [3.8, 4) is 5.75 Å². The smallest absolute Gasteiger partial charge is 0.146 e. The molecule has 0 amide bonds. The van der Waals surface area contributed by atoms with Crippen LogP contribution in [0.1, 0.15) is 25.8 Å². The van der Waals surface area contributed by atoms with E-state index in [1.165, 1.54) is 0 Å². The van der Waals surface area contributed by atoms with Crippen molar-refractivity contribution in [1.82, 2.24) is 4.98 Å². The number of aromatic nitrogens is 1. The van der Waals surface area contributed by atoms with Gasteiger partial charge in [-0.15, -0.1) is 11.3 Å². The molecule has 0 aliphatic carbocycles. The van der Waals surface area contributed by atoms with Gasteiger partial charge in [-0.3, -0.25) is 0 Å². The van der Waals surface area contributed by atoms with Gasteiger partial charge in [0.05, 0.1) is 16.3 Å². The number of fused-ring (bicyclic) bond motifs is 1. The van der Waals surface area contributed by atoms with Crippen LogP contribution in [0.3, 0.4) is 0 Å². The van der Waals surface area contributed by atoms with E-state index in [0.29, 0.717) is 6.61 Å². The molecule has 0 unspecified atom stereocenters. The fraction of sp³-hybridized carbons (Fsp3) is 0.462. The van der Waals surface area contributed by atoms with Crippen LogP contribution in [0.15, 0.2) is 18.2 Å². The van der Waals surface area contributed by atoms with Crippen molar-refractivity contribution in [3.05, 3.63) is 23.2 Å². The topological polar surface area (TPSA) is 42.4 Å². The van der Waals surface area contributed by atoms with E-state index in [1.807, 2.05) is 18.2 Å². The van der Waals surface area contributed by atoms with Crippen molar-refractivity contribution >= 4 is 21.6 Å². The highest BCUT2D eigenvalue weighted by Gasteiger charge is 2.19. The van der Waals surface area contributed by atoms with E-state index in [0.717, 1.165) is 21.0 Å². The molecule has 1 aromatic carbocycles. The summed E-state index contributed by atoms with van der Waals surface area (Å²) in [5, 5.41) is 9.90. The minimum Gasteiger partial charge on any atom is -0.489 e. The molecular formula is C13H17NO2S. The standard InChI is InChI=1S/C13H17NO2S/c1-13(2,3)12-14-11-9(16-8-7-15)5-4-6-10(11)17-12/h4-6,15H,7-8H2,1-3H3. The predicted molar refractivity (Wildman–Crippen MR) is 70.9 cm³/mol. The molecule has 0 spiro atoms. The van der Waals surface area contributed by atoms with E-state index in [1.54, 1.807) is 11.3 Å². The first-order valence-electron chi connectivity index (χ1n) is 5.66. The lowest BCUT2D eigenvalue weighted by Crippen LogP contribution is -2.10. The third-order valence-electron chi connectivity index (χ3n) is 2.37. The van der Waals surface area contributed by atoms with Gasteiger partial charge in [-0.05, 0) is 12.1 Å². The minimum absolute atomic E-state index is 0.0205. The molecule has 0 bridgehead atoms. The summed E-state index contributed by atoms with van der Waals surface area (Å²) in [4.78, 5) is 4.65. The van der Waals surface area contributed by atoms with Crippen LogP contribution in [0.5, 0.6) is 5.75 Å². The lowest BCUT2D eigenvalue weighted by Gasteiger charge is -2.13. The number of para-hydroxylation sites is 1.